The first kappa shape index (κ1) is 15.4. The van der Waals surface area contributed by atoms with Gasteiger partial charge in [-0.2, -0.15) is 0 Å². The van der Waals surface area contributed by atoms with Gasteiger partial charge >= 0.3 is 5.97 Å². The molecule has 1 aromatic carbocycles. The van der Waals surface area contributed by atoms with Gasteiger partial charge in [-0.3, -0.25) is 4.79 Å². The standard InChI is InChI=1S/C16H14O6S/c1-7(17)11-6-9-12(19-2)8-5-10(16(18)21-4)22-13(8)14(20-3)15(9)23-11/h5-6H,1-4H3. The third kappa shape index (κ3) is 2.24. The maximum Gasteiger partial charge on any atom is 0.373 e. The molecule has 0 saturated carbocycles. The zero-order valence-electron chi connectivity index (χ0n) is 13.0. The SMILES string of the molecule is COC(=O)c1cc2c(OC)c3cc(C(C)=O)sc3c(OC)c2o1. The number of thiophene rings is 1. The van der Waals surface area contributed by atoms with Crippen molar-refractivity contribution in [2.75, 3.05) is 21.3 Å². The molecule has 0 N–H and O–H groups in total. The number of hydrogen-bond acceptors (Lipinski definition) is 7. The lowest BCUT2D eigenvalue weighted by atomic mass is 10.1. The summed E-state index contributed by atoms with van der Waals surface area (Å²) in [5.74, 6) is 0.422. The van der Waals surface area contributed by atoms with Crippen LogP contribution in [0.5, 0.6) is 11.5 Å². The molecule has 0 aliphatic carbocycles. The Morgan fingerprint density at radius 3 is 2.30 bits per heavy atom. The van der Waals surface area contributed by atoms with Gasteiger partial charge in [0.05, 0.1) is 36.3 Å². The number of Topliss-reactive ketones (excluding diaryl/α,β-unsaturated/α-hetero) is 1. The molecule has 0 aliphatic rings. The highest BCUT2D eigenvalue weighted by molar-refractivity contribution is 7.21. The Bertz CT molecular complexity index is 874. The first-order valence-corrected chi connectivity index (χ1v) is 7.53. The van der Waals surface area contributed by atoms with Gasteiger partial charge in [0.15, 0.2) is 17.1 Å². The normalized spacial score (nSPS) is 11.0. The largest absolute Gasteiger partial charge is 0.495 e. The molecule has 0 spiro atoms. The van der Waals surface area contributed by atoms with Crippen LogP contribution in [-0.4, -0.2) is 33.1 Å². The summed E-state index contributed by atoms with van der Waals surface area (Å²) < 4.78 is 22.0. The predicted molar refractivity (Wildman–Crippen MR) is 86.0 cm³/mol. The molecule has 23 heavy (non-hydrogen) atoms. The van der Waals surface area contributed by atoms with Gasteiger partial charge in [-0.1, -0.05) is 0 Å². The summed E-state index contributed by atoms with van der Waals surface area (Å²) in [6.07, 6.45) is 0. The average molecular weight is 334 g/mol. The average Bonchev–Trinajstić information content (AvgIpc) is 3.16. The lowest BCUT2D eigenvalue weighted by Gasteiger charge is -2.07. The summed E-state index contributed by atoms with van der Waals surface area (Å²) in [6, 6.07) is 3.31. The number of methoxy groups -OCH3 is 3. The quantitative estimate of drug-likeness (QED) is 0.535. The molecule has 0 aliphatic heterocycles. The second kappa shape index (κ2) is 5.58. The van der Waals surface area contributed by atoms with Gasteiger partial charge in [0.1, 0.15) is 5.75 Å². The molecule has 3 aromatic rings. The van der Waals surface area contributed by atoms with Crippen molar-refractivity contribution >= 4 is 44.1 Å². The Labute approximate surface area is 135 Å². The monoisotopic (exact) mass is 334 g/mol. The summed E-state index contributed by atoms with van der Waals surface area (Å²) >= 11 is 1.29. The lowest BCUT2D eigenvalue weighted by molar-refractivity contribution is 0.0567. The second-order valence-corrected chi connectivity index (χ2v) is 5.87. The number of furan rings is 1. The number of esters is 1. The van der Waals surface area contributed by atoms with Gasteiger partial charge in [0.2, 0.25) is 5.76 Å². The summed E-state index contributed by atoms with van der Waals surface area (Å²) in [5, 5.41) is 1.33. The number of carbonyl (C=O) groups is 2. The van der Waals surface area contributed by atoms with Crippen LogP contribution in [0.2, 0.25) is 0 Å². The van der Waals surface area contributed by atoms with E-state index in [4.69, 9.17) is 13.9 Å². The van der Waals surface area contributed by atoms with E-state index in [2.05, 4.69) is 4.74 Å². The maximum atomic E-state index is 11.7. The first-order valence-electron chi connectivity index (χ1n) is 6.72. The number of benzene rings is 1. The number of ether oxygens (including phenoxy) is 3. The van der Waals surface area contributed by atoms with Crippen molar-refractivity contribution in [2.24, 2.45) is 0 Å². The van der Waals surface area contributed by atoms with E-state index in [-0.39, 0.29) is 11.5 Å². The van der Waals surface area contributed by atoms with Crippen molar-refractivity contribution in [3.63, 3.8) is 0 Å². The van der Waals surface area contributed by atoms with E-state index in [1.54, 1.807) is 12.1 Å². The van der Waals surface area contributed by atoms with Gasteiger partial charge in [-0.15, -0.1) is 11.3 Å². The molecule has 2 heterocycles. The summed E-state index contributed by atoms with van der Waals surface area (Å²) in [7, 11) is 4.31. The molecule has 3 rings (SSSR count). The smallest absolute Gasteiger partial charge is 0.373 e. The molecule has 0 saturated heterocycles. The van der Waals surface area contributed by atoms with E-state index in [1.807, 2.05) is 0 Å². The number of rotatable bonds is 4. The summed E-state index contributed by atoms with van der Waals surface area (Å²) in [6.45, 7) is 1.50. The molecule has 0 fully saturated rings. The van der Waals surface area contributed by atoms with Crippen LogP contribution in [0.3, 0.4) is 0 Å². The summed E-state index contributed by atoms with van der Waals surface area (Å²) in [5.41, 5.74) is 0.384. The van der Waals surface area contributed by atoms with Crippen molar-refractivity contribution < 1.29 is 28.2 Å². The lowest BCUT2D eigenvalue weighted by Crippen LogP contribution is -1.98. The Balaban J connectivity index is 2.44. The Morgan fingerprint density at radius 2 is 1.74 bits per heavy atom. The van der Waals surface area contributed by atoms with E-state index in [0.717, 1.165) is 10.1 Å². The molecule has 0 bridgehead atoms. The predicted octanol–water partition coefficient (Wildman–Crippen LogP) is 3.65. The third-order valence-electron chi connectivity index (χ3n) is 3.51. The molecule has 6 nitrogen and oxygen atoms in total. The van der Waals surface area contributed by atoms with Crippen LogP contribution in [0.1, 0.15) is 27.2 Å². The minimum absolute atomic E-state index is 0.0397. The molecule has 0 radical (unpaired) electrons. The number of ketones is 1. The second-order valence-electron chi connectivity index (χ2n) is 4.82. The fraction of sp³-hybridized carbons (Fsp3) is 0.250. The van der Waals surface area contributed by atoms with Crippen molar-refractivity contribution in [1.82, 2.24) is 0 Å². The third-order valence-corrected chi connectivity index (χ3v) is 4.74. The van der Waals surface area contributed by atoms with E-state index >= 15 is 0 Å². The molecule has 7 heteroatoms. The van der Waals surface area contributed by atoms with Crippen LogP contribution >= 0.6 is 11.3 Å². The molecule has 0 atom stereocenters. The van der Waals surface area contributed by atoms with Crippen LogP contribution in [-0.2, 0) is 4.74 Å². The molecule has 0 unspecified atom stereocenters. The fourth-order valence-electron chi connectivity index (χ4n) is 2.48. The van der Waals surface area contributed by atoms with Crippen LogP contribution in [0.15, 0.2) is 16.5 Å². The van der Waals surface area contributed by atoms with Gasteiger partial charge in [-0.25, -0.2) is 4.79 Å². The zero-order valence-corrected chi connectivity index (χ0v) is 13.8. The topological polar surface area (TPSA) is 75.0 Å². The van der Waals surface area contributed by atoms with Crippen LogP contribution in [0.25, 0.3) is 21.1 Å². The van der Waals surface area contributed by atoms with Crippen LogP contribution < -0.4 is 9.47 Å². The van der Waals surface area contributed by atoms with Crippen LogP contribution in [0, 0.1) is 0 Å². The van der Waals surface area contributed by atoms with Gasteiger partial charge in [0.25, 0.3) is 0 Å². The molecule has 120 valence electrons. The molecule has 2 aromatic heterocycles. The highest BCUT2D eigenvalue weighted by Crippen LogP contribution is 2.47. The van der Waals surface area contributed by atoms with Gasteiger partial charge in [0, 0.05) is 11.5 Å². The van der Waals surface area contributed by atoms with E-state index in [0.29, 0.717) is 27.3 Å². The fourth-order valence-corrected chi connectivity index (χ4v) is 3.56. The van der Waals surface area contributed by atoms with E-state index < -0.39 is 5.97 Å². The van der Waals surface area contributed by atoms with Crippen molar-refractivity contribution in [3.8, 4) is 11.5 Å². The maximum absolute atomic E-state index is 11.7. The van der Waals surface area contributed by atoms with Crippen molar-refractivity contribution in [1.29, 1.82) is 0 Å². The highest BCUT2D eigenvalue weighted by Gasteiger charge is 2.24. The van der Waals surface area contributed by atoms with Crippen molar-refractivity contribution in [3.05, 3.63) is 22.8 Å². The van der Waals surface area contributed by atoms with E-state index in [9.17, 15) is 9.59 Å². The number of hydrogen-bond donors (Lipinski definition) is 0. The molecular weight excluding hydrogens is 320 g/mol. The Kier molecular flexibility index (Phi) is 3.73. The highest BCUT2D eigenvalue weighted by atomic mass is 32.1. The number of fused-ring (bicyclic) bond motifs is 2. The minimum Gasteiger partial charge on any atom is -0.495 e. The minimum atomic E-state index is -0.585. The molecule has 0 amide bonds. The Morgan fingerprint density at radius 1 is 1.04 bits per heavy atom. The zero-order chi connectivity index (χ0) is 16.7. The van der Waals surface area contributed by atoms with Gasteiger partial charge in [-0.05, 0) is 13.0 Å². The van der Waals surface area contributed by atoms with Gasteiger partial charge < -0.3 is 18.6 Å². The Hall–Kier alpha value is -2.54. The summed E-state index contributed by atoms with van der Waals surface area (Å²) in [4.78, 5) is 24.0. The number of carbonyl (C=O) groups excluding carboxylic acids is 2. The molecular formula is C16H14O6S. The first-order chi connectivity index (χ1) is 11.0. The van der Waals surface area contributed by atoms with Crippen LogP contribution in [0.4, 0.5) is 0 Å². The van der Waals surface area contributed by atoms with E-state index in [1.165, 1.54) is 39.6 Å². The van der Waals surface area contributed by atoms with Crippen molar-refractivity contribution in [2.45, 2.75) is 6.92 Å².